The van der Waals surface area contributed by atoms with E-state index in [4.69, 9.17) is 5.26 Å². The highest BCUT2D eigenvalue weighted by atomic mass is 16.3. The normalized spacial score (nSPS) is 50.3. The first kappa shape index (κ1) is 18.2. The molecule has 0 spiro atoms. The van der Waals surface area contributed by atoms with Gasteiger partial charge in [-0.1, -0.05) is 13.8 Å². The van der Waals surface area contributed by atoms with Gasteiger partial charge in [-0.2, -0.15) is 5.26 Å². The summed E-state index contributed by atoms with van der Waals surface area (Å²) in [6, 6.07) is 2.01. The van der Waals surface area contributed by atoms with Crippen LogP contribution in [0.5, 0.6) is 0 Å². The Morgan fingerprint density at radius 3 is 2.69 bits per heavy atom. The predicted octanol–water partition coefficient (Wildman–Crippen LogP) is 3.67. The monoisotopic (exact) mass is 357 g/mol. The molecule has 8 atom stereocenters. The molecule has 0 aromatic carbocycles. The molecule has 0 amide bonds. The van der Waals surface area contributed by atoms with Crippen molar-refractivity contribution in [3.05, 3.63) is 0 Å². The molecule has 0 heterocycles. The molecule has 4 heteroatoms. The highest BCUT2D eigenvalue weighted by Crippen LogP contribution is 2.66. The Morgan fingerprint density at radius 2 is 1.96 bits per heavy atom. The van der Waals surface area contributed by atoms with E-state index in [9.17, 15) is 14.7 Å². The van der Waals surface area contributed by atoms with E-state index in [-0.39, 0.29) is 41.0 Å². The predicted molar refractivity (Wildman–Crippen MR) is 96.9 cm³/mol. The van der Waals surface area contributed by atoms with Crippen molar-refractivity contribution in [3.63, 3.8) is 0 Å². The number of nitriles is 1. The third-order valence-corrected chi connectivity index (χ3v) is 8.96. The fraction of sp³-hybridized carbons (Fsp3) is 0.864. The molecule has 142 valence electrons. The Kier molecular flexibility index (Phi) is 4.30. The second-order valence-electron chi connectivity index (χ2n) is 10.0. The van der Waals surface area contributed by atoms with E-state index in [1.54, 1.807) is 0 Å². The van der Waals surface area contributed by atoms with Crippen LogP contribution in [0.3, 0.4) is 0 Å². The van der Waals surface area contributed by atoms with E-state index >= 15 is 0 Å². The fourth-order valence-corrected chi connectivity index (χ4v) is 7.78. The van der Waals surface area contributed by atoms with Crippen LogP contribution in [0.1, 0.15) is 71.6 Å². The number of carbonyl (C=O) groups excluding carboxylic acids is 2. The van der Waals surface area contributed by atoms with E-state index in [1.165, 1.54) is 0 Å². The lowest BCUT2D eigenvalue weighted by molar-refractivity contribution is -0.162. The molecule has 0 aliphatic heterocycles. The summed E-state index contributed by atoms with van der Waals surface area (Å²) in [5.41, 5.74) is -0.223. The lowest BCUT2D eigenvalue weighted by Crippen LogP contribution is -2.58. The number of nitrogens with zero attached hydrogens (tertiary/aromatic N) is 1. The van der Waals surface area contributed by atoms with Crippen molar-refractivity contribution in [2.45, 2.75) is 77.7 Å². The second kappa shape index (κ2) is 6.16. The number of Topliss-reactive ketones (excluding diaryl/α,β-unsaturated/α-hetero) is 2. The first-order valence-electron chi connectivity index (χ1n) is 10.4. The molecule has 0 aromatic rings. The molecule has 0 unspecified atom stereocenters. The molecule has 0 aromatic heterocycles. The van der Waals surface area contributed by atoms with Gasteiger partial charge in [0.25, 0.3) is 0 Å². The Balaban J connectivity index is 1.65. The van der Waals surface area contributed by atoms with Crippen molar-refractivity contribution in [1.29, 1.82) is 5.26 Å². The number of carbonyl (C=O) groups is 2. The Morgan fingerprint density at radius 1 is 1.19 bits per heavy atom. The summed E-state index contributed by atoms with van der Waals surface area (Å²) in [6.07, 6.45) is 6.92. The Labute approximate surface area is 156 Å². The molecule has 26 heavy (non-hydrogen) atoms. The summed E-state index contributed by atoms with van der Waals surface area (Å²) in [4.78, 5) is 25.9. The number of rotatable bonds is 2. The van der Waals surface area contributed by atoms with Gasteiger partial charge in [-0.25, -0.2) is 0 Å². The molecule has 4 rings (SSSR count). The average Bonchev–Trinajstić information content (AvgIpc) is 2.92. The molecule has 4 aliphatic carbocycles. The van der Waals surface area contributed by atoms with Crippen LogP contribution in [0.2, 0.25) is 0 Å². The largest absolute Gasteiger partial charge is 0.393 e. The van der Waals surface area contributed by atoms with Gasteiger partial charge in [0.1, 0.15) is 5.78 Å². The van der Waals surface area contributed by atoms with Crippen molar-refractivity contribution < 1.29 is 14.7 Å². The van der Waals surface area contributed by atoms with Crippen LogP contribution in [0.4, 0.5) is 0 Å². The minimum atomic E-state index is -0.246. The van der Waals surface area contributed by atoms with Crippen LogP contribution < -0.4 is 0 Å². The first-order valence-corrected chi connectivity index (χ1v) is 10.4. The summed E-state index contributed by atoms with van der Waals surface area (Å²) in [7, 11) is 0. The van der Waals surface area contributed by atoms with Crippen LogP contribution in [0, 0.1) is 51.8 Å². The summed E-state index contributed by atoms with van der Waals surface area (Å²) in [6.45, 7) is 4.45. The smallest absolute Gasteiger partial charge is 0.150 e. The van der Waals surface area contributed by atoms with E-state index in [0.717, 1.165) is 44.9 Å². The van der Waals surface area contributed by atoms with Crippen LogP contribution in [-0.4, -0.2) is 22.8 Å². The molecule has 4 aliphatic rings. The standard InChI is InChI=1S/C22H31NO3/c1-21-9-7-14(24)11-13(21)3-4-15-16-5-6-17(18(25)8-10-23)22(16,2)12-19(26)20(15)21/h13-17,20,24H,3-9,11-12H2,1-2H3/t13-,14-,15+,16+,17-,20-,21+,22+/m1/s1. The summed E-state index contributed by atoms with van der Waals surface area (Å²) in [5.74, 6) is 1.67. The van der Waals surface area contributed by atoms with Gasteiger partial charge in [0.05, 0.1) is 18.6 Å². The maximum atomic E-state index is 13.4. The average molecular weight is 357 g/mol. The SMILES string of the molecule is C[C@]12CC[C@@H](O)C[C@H]1CC[C@H]1[C@@H]3CC[C@H](C(=O)CC#N)[C@@]3(C)CC(=O)[C@@H]12. The molecule has 4 fully saturated rings. The molecule has 0 bridgehead atoms. The minimum absolute atomic E-state index is 0.0209. The molecular weight excluding hydrogens is 326 g/mol. The van der Waals surface area contributed by atoms with Gasteiger partial charge in [-0.15, -0.1) is 0 Å². The zero-order valence-corrected chi connectivity index (χ0v) is 16.0. The topological polar surface area (TPSA) is 78.2 Å². The number of fused-ring (bicyclic) bond motifs is 5. The second-order valence-corrected chi connectivity index (χ2v) is 10.0. The van der Waals surface area contributed by atoms with Gasteiger partial charge in [-0.05, 0) is 73.5 Å². The maximum absolute atomic E-state index is 13.4. The highest BCUT2D eigenvalue weighted by molar-refractivity contribution is 5.88. The number of aliphatic hydroxyl groups is 1. The van der Waals surface area contributed by atoms with E-state index in [2.05, 4.69) is 13.8 Å². The number of hydrogen-bond acceptors (Lipinski definition) is 4. The van der Waals surface area contributed by atoms with Crippen molar-refractivity contribution in [3.8, 4) is 6.07 Å². The van der Waals surface area contributed by atoms with Crippen molar-refractivity contribution in [2.24, 2.45) is 40.4 Å². The van der Waals surface area contributed by atoms with E-state index < -0.39 is 0 Å². The third kappa shape index (κ3) is 2.43. The molecule has 0 radical (unpaired) electrons. The lowest BCUT2D eigenvalue weighted by atomic mass is 9.44. The van der Waals surface area contributed by atoms with Crippen molar-refractivity contribution in [2.75, 3.05) is 0 Å². The highest BCUT2D eigenvalue weighted by Gasteiger charge is 2.63. The van der Waals surface area contributed by atoms with Crippen LogP contribution in [0.25, 0.3) is 0 Å². The summed E-state index contributed by atoms with van der Waals surface area (Å²) >= 11 is 0. The molecule has 4 saturated carbocycles. The minimum Gasteiger partial charge on any atom is -0.393 e. The van der Waals surface area contributed by atoms with Gasteiger partial charge in [0, 0.05) is 18.3 Å². The van der Waals surface area contributed by atoms with Gasteiger partial charge >= 0.3 is 0 Å². The number of ketones is 2. The van der Waals surface area contributed by atoms with Crippen LogP contribution in [-0.2, 0) is 9.59 Å². The Hall–Kier alpha value is -1.21. The quantitative estimate of drug-likeness (QED) is 0.818. The lowest BCUT2D eigenvalue weighted by Gasteiger charge is -2.59. The molecule has 4 nitrogen and oxygen atoms in total. The Bertz CT molecular complexity index is 667. The zero-order chi connectivity index (χ0) is 18.7. The van der Waals surface area contributed by atoms with E-state index in [0.29, 0.717) is 30.0 Å². The number of aliphatic hydroxyl groups excluding tert-OH is 1. The zero-order valence-electron chi connectivity index (χ0n) is 16.0. The molecule has 1 N–H and O–H groups in total. The summed E-state index contributed by atoms with van der Waals surface area (Å²) < 4.78 is 0. The van der Waals surface area contributed by atoms with Crippen molar-refractivity contribution >= 4 is 11.6 Å². The van der Waals surface area contributed by atoms with Crippen LogP contribution in [0.15, 0.2) is 0 Å². The van der Waals surface area contributed by atoms with Crippen molar-refractivity contribution in [1.82, 2.24) is 0 Å². The fourth-order valence-electron chi connectivity index (χ4n) is 7.78. The van der Waals surface area contributed by atoms with Gasteiger partial charge < -0.3 is 5.11 Å². The van der Waals surface area contributed by atoms with Gasteiger partial charge in [-0.3, -0.25) is 9.59 Å². The number of hydrogen-bond donors (Lipinski definition) is 1. The van der Waals surface area contributed by atoms with Gasteiger partial charge in [0.2, 0.25) is 0 Å². The van der Waals surface area contributed by atoms with Crippen LogP contribution >= 0.6 is 0 Å². The summed E-state index contributed by atoms with van der Waals surface area (Å²) in [5, 5.41) is 19.1. The molecule has 0 saturated heterocycles. The maximum Gasteiger partial charge on any atom is 0.150 e. The van der Waals surface area contributed by atoms with E-state index in [1.807, 2.05) is 6.07 Å². The first-order chi connectivity index (χ1) is 12.3. The third-order valence-electron chi connectivity index (χ3n) is 8.96. The molecular formula is C22H31NO3. The van der Waals surface area contributed by atoms with Gasteiger partial charge in [0.15, 0.2) is 5.78 Å².